The number of aliphatic hydroxyl groups is 1. The second-order valence-corrected chi connectivity index (χ2v) is 6.34. The zero-order chi connectivity index (χ0) is 17.9. The zero-order valence-corrected chi connectivity index (χ0v) is 15.2. The van der Waals surface area contributed by atoms with Crippen molar-refractivity contribution < 1.29 is 14.6 Å². The summed E-state index contributed by atoms with van der Waals surface area (Å²) in [5.41, 5.74) is 2.50. The molecule has 0 saturated heterocycles. The van der Waals surface area contributed by atoms with Crippen LogP contribution >= 0.6 is 0 Å². The van der Waals surface area contributed by atoms with Crippen LogP contribution in [0.2, 0.25) is 0 Å². The largest absolute Gasteiger partial charge is 0.491 e. The van der Waals surface area contributed by atoms with Crippen molar-refractivity contribution in [3.05, 3.63) is 65.7 Å². The van der Waals surface area contributed by atoms with E-state index in [0.29, 0.717) is 13.2 Å². The molecule has 136 valence electrons. The highest BCUT2D eigenvalue weighted by Crippen LogP contribution is 2.11. The number of rotatable bonds is 11. The normalized spacial score (nSPS) is 12.3. The molecule has 0 unspecified atom stereocenters. The summed E-state index contributed by atoms with van der Waals surface area (Å²) >= 11 is 0. The Labute approximate surface area is 151 Å². The Balaban J connectivity index is 1.86. The lowest BCUT2D eigenvalue weighted by atomic mass is 10.1. The van der Waals surface area contributed by atoms with E-state index < -0.39 is 6.10 Å². The fourth-order valence-electron chi connectivity index (χ4n) is 2.68. The molecule has 1 N–H and O–H groups in total. The van der Waals surface area contributed by atoms with Crippen LogP contribution in [0, 0.1) is 6.92 Å². The first kappa shape index (κ1) is 19.4. The summed E-state index contributed by atoms with van der Waals surface area (Å²) in [5, 5.41) is 10.4. The van der Waals surface area contributed by atoms with Crippen LogP contribution in [-0.4, -0.2) is 49.5 Å². The Bertz CT molecular complexity index is 586. The van der Waals surface area contributed by atoms with Gasteiger partial charge in [-0.3, -0.25) is 4.90 Å². The molecule has 0 spiro atoms. The minimum Gasteiger partial charge on any atom is -0.491 e. The number of nitrogens with zero attached hydrogens (tertiary/aromatic N) is 1. The van der Waals surface area contributed by atoms with Crippen molar-refractivity contribution in [2.45, 2.75) is 26.0 Å². The van der Waals surface area contributed by atoms with Crippen molar-refractivity contribution in [3.63, 3.8) is 0 Å². The van der Waals surface area contributed by atoms with Crippen molar-refractivity contribution in [1.82, 2.24) is 4.90 Å². The van der Waals surface area contributed by atoms with Gasteiger partial charge in [0.2, 0.25) is 0 Å². The summed E-state index contributed by atoms with van der Waals surface area (Å²) in [6, 6.07) is 18.1. The molecule has 2 aromatic carbocycles. The predicted molar refractivity (Wildman–Crippen MR) is 101 cm³/mol. The standard InChI is InChI=1S/C21H29NO3/c1-18-9-11-19(12-10-18)15-22(13-6-14-24-2)16-20(23)17-25-21-7-4-3-5-8-21/h3-5,7-12,20,23H,6,13-17H2,1-2H3/t20-/m1/s1. The molecule has 0 heterocycles. The van der Waals surface area contributed by atoms with E-state index >= 15 is 0 Å². The number of aliphatic hydroxyl groups excluding tert-OH is 1. The molecule has 4 heteroatoms. The van der Waals surface area contributed by atoms with Gasteiger partial charge >= 0.3 is 0 Å². The Hall–Kier alpha value is -1.88. The molecule has 0 aliphatic heterocycles. The third-order valence-electron chi connectivity index (χ3n) is 4.00. The smallest absolute Gasteiger partial charge is 0.119 e. The van der Waals surface area contributed by atoms with Crippen LogP contribution in [0.3, 0.4) is 0 Å². The molecule has 0 aliphatic rings. The zero-order valence-electron chi connectivity index (χ0n) is 15.2. The average molecular weight is 343 g/mol. The quantitative estimate of drug-likeness (QED) is 0.636. The lowest BCUT2D eigenvalue weighted by molar-refractivity contribution is 0.0617. The molecule has 1 atom stereocenters. The number of methoxy groups -OCH3 is 1. The molecule has 0 bridgehead atoms. The van der Waals surface area contributed by atoms with Gasteiger partial charge in [-0.25, -0.2) is 0 Å². The summed E-state index contributed by atoms with van der Waals surface area (Å²) in [6.07, 6.45) is 0.405. The molecular weight excluding hydrogens is 314 g/mol. The molecule has 0 amide bonds. The van der Waals surface area contributed by atoms with E-state index in [9.17, 15) is 5.11 Å². The van der Waals surface area contributed by atoms with Gasteiger partial charge < -0.3 is 14.6 Å². The molecule has 0 aromatic heterocycles. The average Bonchev–Trinajstić information content (AvgIpc) is 2.63. The van der Waals surface area contributed by atoms with Gasteiger partial charge in [-0.15, -0.1) is 0 Å². The Morgan fingerprint density at radius 1 is 1.04 bits per heavy atom. The third kappa shape index (κ3) is 7.69. The van der Waals surface area contributed by atoms with Crippen molar-refractivity contribution in [2.24, 2.45) is 0 Å². The maximum atomic E-state index is 10.4. The highest BCUT2D eigenvalue weighted by molar-refractivity contribution is 5.21. The van der Waals surface area contributed by atoms with Gasteiger partial charge in [0.1, 0.15) is 18.5 Å². The minimum absolute atomic E-state index is 0.290. The second kappa shape index (κ2) is 10.9. The molecule has 0 fully saturated rings. The number of para-hydroxylation sites is 1. The lowest BCUT2D eigenvalue weighted by Crippen LogP contribution is -2.36. The molecule has 2 rings (SSSR count). The van der Waals surface area contributed by atoms with Crippen LogP contribution in [0.1, 0.15) is 17.5 Å². The van der Waals surface area contributed by atoms with E-state index in [1.54, 1.807) is 7.11 Å². The summed E-state index contributed by atoms with van der Waals surface area (Å²) in [4.78, 5) is 2.25. The van der Waals surface area contributed by atoms with Gasteiger partial charge in [-0.05, 0) is 31.0 Å². The van der Waals surface area contributed by atoms with Crippen molar-refractivity contribution in [3.8, 4) is 5.75 Å². The molecule has 0 radical (unpaired) electrons. The SMILES string of the molecule is COCCCN(Cc1ccc(C)cc1)C[C@@H](O)COc1ccccc1. The van der Waals surface area contributed by atoms with Gasteiger partial charge in [-0.1, -0.05) is 48.0 Å². The first-order valence-corrected chi connectivity index (χ1v) is 8.80. The maximum Gasteiger partial charge on any atom is 0.119 e. The lowest BCUT2D eigenvalue weighted by Gasteiger charge is -2.25. The van der Waals surface area contributed by atoms with E-state index in [2.05, 4.69) is 36.1 Å². The Morgan fingerprint density at radius 2 is 1.76 bits per heavy atom. The van der Waals surface area contributed by atoms with Gasteiger partial charge in [0.25, 0.3) is 0 Å². The van der Waals surface area contributed by atoms with Crippen LogP contribution in [0.5, 0.6) is 5.75 Å². The third-order valence-corrected chi connectivity index (χ3v) is 4.00. The number of aryl methyl sites for hydroxylation is 1. The minimum atomic E-state index is -0.534. The predicted octanol–water partition coefficient (Wildman–Crippen LogP) is 3.27. The van der Waals surface area contributed by atoms with Gasteiger partial charge in [-0.2, -0.15) is 0 Å². The topological polar surface area (TPSA) is 41.9 Å². The van der Waals surface area contributed by atoms with Crippen molar-refractivity contribution in [1.29, 1.82) is 0 Å². The molecular formula is C21H29NO3. The molecule has 4 nitrogen and oxygen atoms in total. The van der Waals surface area contributed by atoms with Crippen LogP contribution in [0.15, 0.2) is 54.6 Å². The van der Waals surface area contributed by atoms with E-state index in [0.717, 1.165) is 31.9 Å². The Kier molecular flexibility index (Phi) is 8.46. The number of hydrogen-bond acceptors (Lipinski definition) is 4. The number of hydrogen-bond donors (Lipinski definition) is 1. The van der Waals surface area contributed by atoms with Crippen LogP contribution in [0.25, 0.3) is 0 Å². The van der Waals surface area contributed by atoms with E-state index in [1.807, 2.05) is 30.3 Å². The molecule has 25 heavy (non-hydrogen) atoms. The summed E-state index contributed by atoms with van der Waals surface area (Å²) in [5.74, 6) is 0.783. The van der Waals surface area contributed by atoms with Gasteiger partial charge in [0.05, 0.1) is 0 Å². The maximum absolute atomic E-state index is 10.4. The summed E-state index contributed by atoms with van der Waals surface area (Å²) in [6.45, 7) is 5.37. The van der Waals surface area contributed by atoms with Crippen LogP contribution in [0.4, 0.5) is 0 Å². The highest BCUT2D eigenvalue weighted by atomic mass is 16.5. The fourth-order valence-corrected chi connectivity index (χ4v) is 2.68. The van der Waals surface area contributed by atoms with E-state index in [1.165, 1.54) is 11.1 Å². The van der Waals surface area contributed by atoms with Crippen LogP contribution < -0.4 is 4.74 Å². The summed E-state index contributed by atoms with van der Waals surface area (Å²) in [7, 11) is 1.72. The van der Waals surface area contributed by atoms with Gasteiger partial charge in [0, 0.05) is 33.4 Å². The van der Waals surface area contributed by atoms with Crippen LogP contribution in [-0.2, 0) is 11.3 Å². The van der Waals surface area contributed by atoms with E-state index in [-0.39, 0.29) is 0 Å². The second-order valence-electron chi connectivity index (χ2n) is 6.34. The van der Waals surface area contributed by atoms with Gasteiger partial charge in [0.15, 0.2) is 0 Å². The number of ether oxygens (including phenoxy) is 2. The first-order chi connectivity index (χ1) is 12.2. The summed E-state index contributed by atoms with van der Waals surface area (Å²) < 4.78 is 10.8. The first-order valence-electron chi connectivity index (χ1n) is 8.80. The highest BCUT2D eigenvalue weighted by Gasteiger charge is 2.13. The monoisotopic (exact) mass is 343 g/mol. The Morgan fingerprint density at radius 3 is 2.44 bits per heavy atom. The molecule has 0 aliphatic carbocycles. The van der Waals surface area contributed by atoms with Crippen molar-refractivity contribution in [2.75, 3.05) is 33.4 Å². The van der Waals surface area contributed by atoms with Crippen molar-refractivity contribution >= 4 is 0 Å². The number of benzene rings is 2. The molecule has 2 aromatic rings. The fraction of sp³-hybridized carbons (Fsp3) is 0.429. The van der Waals surface area contributed by atoms with E-state index in [4.69, 9.17) is 9.47 Å². The molecule has 0 saturated carbocycles.